The first kappa shape index (κ1) is 12.4. The van der Waals surface area contributed by atoms with Crippen molar-refractivity contribution in [2.75, 3.05) is 13.1 Å². The Kier molecular flexibility index (Phi) is 3.50. The van der Waals surface area contributed by atoms with Crippen molar-refractivity contribution in [3.8, 4) is 0 Å². The van der Waals surface area contributed by atoms with E-state index in [2.05, 4.69) is 15.0 Å². The van der Waals surface area contributed by atoms with E-state index in [1.165, 1.54) is 11.2 Å². The summed E-state index contributed by atoms with van der Waals surface area (Å²) in [6, 6.07) is 1.39. The van der Waals surface area contributed by atoms with E-state index in [9.17, 15) is 9.59 Å². The highest BCUT2D eigenvalue weighted by Gasteiger charge is 2.36. The average molecular weight is 253 g/mol. The molecule has 2 N–H and O–H groups in total. The fourth-order valence-corrected chi connectivity index (χ4v) is 2.06. The maximum Gasteiger partial charge on any atom is 0.317 e. The Hall–Kier alpha value is -2.05. The molecule has 2 rings (SSSR count). The van der Waals surface area contributed by atoms with Crippen molar-refractivity contribution in [2.45, 2.75) is 13.5 Å². The van der Waals surface area contributed by atoms with E-state index in [0.717, 1.165) is 0 Å². The molecule has 2 heterocycles. The lowest BCUT2D eigenvalue weighted by molar-refractivity contribution is -0.142. The third-order valence-electron chi connectivity index (χ3n) is 3.13. The Labute approximate surface area is 104 Å². The summed E-state index contributed by atoms with van der Waals surface area (Å²) < 4.78 is 4.65. The van der Waals surface area contributed by atoms with Crippen molar-refractivity contribution >= 4 is 12.0 Å². The van der Waals surface area contributed by atoms with Crippen LogP contribution in [-0.4, -0.2) is 40.3 Å². The van der Waals surface area contributed by atoms with Crippen molar-refractivity contribution in [3.05, 3.63) is 18.0 Å². The molecule has 18 heavy (non-hydrogen) atoms. The highest BCUT2D eigenvalue weighted by Crippen LogP contribution is 2.22. The number of aromatic nitrogens is 1. The minimum absolute atomic E-state index is 0.0275. The number of amides is 2. The lowest BCUT2D eigenvalue weighted by Crippen LogP contribution is -2.38. The van der Waals surface area contributed by atoms with E-state index in [1.807, 2.05) is 6.92 Å². The molecule has 0 bridgehead atoms. The predicted molar refractivity (Wildman–Crippen MR) is 60.6 cm³/mol. The molecule has 0 aliphatic carbocycles. The molecule has 98 valence electrons. The van der Waals surface area contributed by atoms with Crippen molar-refractivity contribution in [3.63, 3.8) is 0 Å². The van der Waals surface area contributed by atoms with Crippen molar-refractivity contribution in [2.24, 2.45) is 11.8 Å². The molecular formula is C11H15N3O4. The van der Waals surface area contributed by atoms with Gasteiger partial charge in [0.1, 0.15) is 12.0 Å². The molecule has 0 saturated carbocycles. The van der Waals surface area contributed by atoms with Crippen LogP contribution in [0.3, 0.4) is 0 Å². The van der Waals surface area contributed by atoms with Crippen LogP contribution in [0.5, 0.6) is 0 Å². The minimum atomic E-state index is -0.852. The molecule has 1 aromatic heterocycles. The van der Waals surface area contributed by atoms with E-state index < -0.39 is 11.9 Å². The van der Waals surface area contributed by atoms with E-state index in [-0.39, 0.29) is 25.0 Å². The summed E-state index contributed by atoms with van der Waals surface area (Å²) in [5.74, 6) is -1.36. The number of carboxylic acid groups (broad SMARTS) is 1. The van der Waals surface area contributed by atoms with Gasteiger partial charge in [0.25, 0.3) is 0 Å². The number of carboxylic acids is 1. The lowest BCUT2D eigenvalue weighted by atomic mass is 9.99. The van der Waals surface area contributed by atoms with E-state index in [0.29, 0.717) is 12.2 Å². The first-order valence-electron chi connectivity index (χ1n) is 5.72. The molecule has 7 heteroatoms. The van der Waals surface area contributed by atoms with Gasteiger partial charge in [-0.2, -0.15) is 0 Å². The highest BCUT2D eigenvalue weighted by atomic mass is 16.5. The van der Waals surface area contributed by atoms with Gasteiger partial charge in [0.15, 0.2) is 0 Å². The molecule has 0 radical (unpaired) electrons. The number of carbonyl (C=O) groups is 2. The van der Waals surface area contributed by atoms with Crippen LogP contribution in [0.1, 0.15) is 12.6 Å². The maximum atomic E-state index is 11.8. The molecule has 2 amide bonds. The number of nitrogens with zero attached hydrogens (tertiary/aromatic N) is 2. The van der Waals surface area contributed by atoms with Crippen molar-refractivity contribution < 1.29 is 19.2 Å². The second-order valence-electron chi connectivity index (χ2n) is 4.48. The zero-order valence-corrected chi connectivity index (χ0v) is 10.00. The molecule has 1 aromatic rings. The zero-order valence-electron chi connectivity index (χ0n) is 10.00. The molecule has 1 aliphatic rings. The van der Waals surface area contributed by atoms with Gasteiger partial charge >= 0.3 is 12.0 Å². The molecule has 1 aliphatic heterocycles. The van der Waals surface area contributed by atoms with Gasteiger partial charge in [-0.05, 0) is 5.92 Å². The topological polar surface area (TPSA) is 95.7 Å². The molecule has 0 aromatic carbocycles. The second kappa shape index (κ2) is 5.07. The Morgan fingerprint density at radius 3 is 2.94 bits per heavy atom. The number of aliphatic carboxylic acids is 1. The van der Waals surface area contributed by atoms with Crippen LogP contribution in [0.4, 0.5) is 4.79 Å². The van der Waals surface area contributed by atoms with Crippen LogP contribution in [0.2, 0.25) is 0 Å². The van der Waals surface area contributed by atoms with Gasteiger partial charge in [0, 0.05) is 19.2 Å². The fourth-order valence-electron chi connectivity index (χ4n) is 2.06. The summed E-state index contributed by atoms with van der Waals surface area (Å²) in [6.45, 7) is 2.82. The first-order valence-corrected chi connectivity index (χ1v) is 5.72. The Balaban J connectivity index is 1.85. The van der Waals surface area contributed by atoms with Gasteiger partial charge in [-0.15, -0.1) is 0 Å². The van der Waals surface area contributed by atoms with Crippen LogP contribution in [0.15, 0.2) is 16.9 Å². The monoisotopic (exact) mass is 253 g/mol. The third-order valence-corrected chi connectivity index (χ3v) is 3.13. The number of nitrogens with one attached hydrogen (secondary N) is 1. The summed E-state index contributed by atoms with van der Waals surface area (Å²) in [5.41, 5.74) is 0.630. The number of hydrogen-bond acceptors (Lipinski definition) is 4. The van der Waals surface area contributed by atoms with Crippen LogP contribution >= 0.6 is 0 Å². The Morgan fingerprint density at radius 2 is 2.39 bits per heavy atom. The smallest absolute Gasteiger partial charge is 0.317 e. The second-order valence-corrected chi connectivity index (χ2v) is 4.48. The van der Waals surface area contributed by atoms with Gasteiger partial charge in [-0.3, -0.25) is 4.79 Å². The standard InChI is InChI=1S/C11H15N3O4/c1-7-5-14(6-9(7)10(15)16)11(17)12-4-8-2-3-18-13-8/h2-3,7,9H,4-6H2,1H3,(H,12,17)(H,15,16). The molecule has 7 nitrogen and oxygen atoms in total. The highest BCUT2D eigenvalue weighted by molar-refractivity contribution is 5.77. The van der Waals surface area contributed by atoms with Gasteiger partial charge in [0.2, 0.25) is 0 Å². The average Bonchev–Trinajstić information content (AvgIpc) is 2.94. The minimum Gasteiger partial charge on any atom is -0.481 e. The van der Waals surface area contributed by atoms with Crippen LogP contribution in [0.25, 0.3) is 0 Å². The zero-order chi connectivity index (χ0) is 13.1. The summed E-state index contributed by atoms with van der Waals surface area (Å²) in [4.78, 5) is 24.3. The third kappa shape index (κ3) is 2.61. The van der Waals surface area contributed by atoms with Gasteiger partial charge < -0.3 is 19.8 Å². The SMILES string of the molecule is CC1CN(C(=O)NCc2ccon2)CC1C(=O)O. The molecule has 1 fully saturated rings. The Bertz CT molecular complexity index is 432. The largest absolute Gasteiger partial charge is 0.481 e. The van der Waals surface area contributed by atoms with E-state index >= 15 is 0 Å². The van der Waals surface area contributed by atoms with Crippen LogP contribution in [-0.2, 0) is 11.3 Å². The molecule has 0 spiro atoms. The van der Waals surface area contributed by atoms with Crippen molar-refractivity contribution in [1.29, 1.82) is 0 Å². The van der Waals surface area contributed by atoms with Crippen molar-refractivity contribution in [1.82, 2.24) is 15.4 Å². The van der Waals surface area contributed by atoms with E-state index in [4.69, 9.17) is 5.11 Å². The van der Waals surface area contributed by atoms with Gasteiger partial charge in [-0.1, -0.05) is 12.1 Å². The van der Waals surface area contributed by atoms with Crippen LogP contribution in [0, 0.1) is 11.8 Å². The van der Waals surface area contributed by atoms with Gasteiger partial charge in [0.05, 0.1) is 12.5 Å². The van der Waals surface area contributed by atoms with Gasteiger partial charge in [-0.25, -0.2) is 4.79 Å². The van der Waals surface area contributed by atoms with Crippen LogP contribution < -0.4 is 5.32 Å². The number of carbonyl (C=O) groups excluding carboxylic acids is 1. The number of rotatable bonds is 3. The Morgan fingerprint density at radius 1 is 1.61 bits per heavy atom. The molecule has 2 unspecified atom stereocenters. The normalized spacial score (nSPS) is 23.1. The molecule has 2 atom stereocenters. The summed E-state index contributed by atoms with van der Waals surface area (Å²) in [7, 11) is 0. The first-order chi connectivity index (χ1) is 8.58. The number of urea groups is 1. The summed E-state index contributed by atoms with van der Waals surface area (Å²) >= 11 is 0. The molecule has 1 saturated heterocycles. The fraction of sp³-hybridized carbons (Fsp3) is 0.545. The summed E-state index contributed by atoms with van der Waals surface area (Å²) in [5, 5.41) is 15.3. The maximum absolute atomic E-state index is 11.8. The summed E-state index contributed by atoms with van der Waals surface area (Å²) in [6.07, 6.45) is 1.43. The predicted octanol–water partition coefficient (Wildman–Crippen LogP) is 0.537. The number of likely N-dealkylation sites (tertiary alicyclic amines) is 1. The quantitative estimate of drug-likeness (QED) is 0.819. The number of hydrogen-bond donors (Lipinski definition) is 2. The van der Waals surface area contributed by atoms with E-state index in [1.54, 1.807) is 6.07 Å². The molecular weight excluding hydrogens is 238 g/mol. The lowest BCUT2D eigenvalue weighted by Gasteiger charge is -2.16.